The summed E-state index contributed by atoms with van der Waals surface area (Å²) in [5.74, 6) is 0.675. The van der Waals surface area contributed by atoms with E-state index in [1.165, 1.54) is 58.4 Å². The molecule has 2 unspecified atom stereocenters. The summed E-state index contributed by atoms with van der Waals surface area (Å²) in [7, 11) is 0. The van der Waals surface area contributed by atoms with E-state index < -0.39 is 22.5 Å². The Balaban J connectivity index is 1.19. The average Bonchev–Trinajstić information content (AvgIpc) is 3.90. The molecule has 57 heavy (non-hydrogen) atoms. The summed E-state index contributed by atoms with van der Waals surface area (Å²) >= 11 is 0. The highest BCUT2D eigenvalue weighted by molar-refractivity contribution is 5.43. The number of fused-ring (bicyclic) bond motifs is 2. The van der Waals surface area contributed by atoms with E-state index in [0.29, 0.717) is 24.3 Å². The van der Waals surface area contributed by atoms with E-state index in [-0.39, 0.29) is 23.7 Å². The first-order valence-electron chi connectivity index (χ1n) is 20.5. The monoisotopic (exact) mass is 762 g/mol. The normalized spacial score (nSPS) is 14.8. The third-order valence-electron chi connectivity index (χ3n) is 12.4. The van der Waals surface area contributed by atoms with Crippen LogP contribution in [0.15, 0.2) is 133 Å². The number of para-hydroxylation sites is 2. The summed E-state index contributed by atoms with van der Waals surface area (Å²) in [5.41, 5.74) is 9.01. The molecule has 0 N–H and O–H groups in total. The fourth-order valence-corrected chi connectivity index (χ4v) is 8.63. The van der Waals surface area contributed by atoms with Gasteiger partial charge < -0.3 is 14.2 Å². The number of hydrogen-bond acceptors (Lipinski definition) is 3. The molecule has 8 rings (SSSR count). The van der Waals surface area contributed by atoms with Crippen LogP contribution in [0.2, 0.25) is 0 Å². The lowest BCUT2D eigenvalue weighted by Crippen LogP contribution is -2.46. The number of aryl methyl sites for hydroxylation is 4. The van der Waals surface area contributed by atoms with Crippen molar-refractivity contribution in [1.82, 2.24) is 0 Å². The standard InChI is InChI=1S/C52H52F2O3/c1-51(2,41-25-23-37-13-11-15-39(37)33-41)49(31-35-21-27-45(53)47(29-35)55-43-17-7-5-8-18-43)57-50(52(3,4)42-26-24-38-14-12-16-40(38)34-42)32-36-22-28-46(54)48(30-36)56-44-19-9-6-10-20-44/h5-10,17-30,33-34,49-50H,11-16,31-32H2,1-4H3. The maximum absolute atomic E-state index is 15.3. The highest BCUT2D eigenvalue weighted by Crippen LogP contribution is 2.41. The molecule has 0 saturated heterocycles. The zero-order valence-corrected chi connectivity index (χ0v) is 33.5. The first-order chi connectivity index (χ1) is 27.5. The van der Waals surface area contributed by atoms with Gasteiger partial charge in [-0.15, -0.1) is 0 Å². The second kappa shape index (κ2) is 16.3. The molecule has 292 valence electrons. The van der Waals surface area contributed by atoms with Crippen molar-refractivity contribution in [3.05, 3.63) is 190 Å². The molecular weight excluding hydrogens is 711 g/mol. The Kier molecular flexibility index (Phi) is 11.0. The van der Waals surface area contributed by atoms with Crippen molar-refractivity contribution in [2.45, 2.75) is 102 Å². The van der Waals surface area contributed by atoms with Crippen molar-refractivity contribution in [3.63, 3.8) is 0 Å². The Hall–Kier alpha value is -5.26. The molecule has 0 aromatic heterocycles. The molecule has 2 aliphatic rings. The summed E-state index contributed by atoms with van der Waals surface area (Å²) in [6.45, 7) is 9.07. The van der Waals surface area contributed by atoms with Gasteiger partial charge in [-0.3, -0.25) is 0 Å². The number of halogens is 2. The van der Waals surface area contributed by atoms with Crippen LogP contribution in [0.3, 0.4) is 0 Å². The first-order valence-corrected chi connectivity index (χ1v) is 20.5. The lowest BCUT2D eigenvalue weighted by Gasteiger charge is -2.43. The fourth-order valence-electron chi connectivity index (χ4n) is 8.63. The van der Waals surface area contributed by atoms with Gasteiger partial charge in [0.15, 0.2) is 23.1 Å². The van der Waals surface area contributed by atoms with Gasteiger partial charge >= 0.3 is 0 Å². The first kappa shape index (κ1) is 38.6. The number of benzene rings is 6. The maximum atomic E-state index is 15.3. The van der Waals surface area contributed by atoms with Crippen LogP contribution in [0.4, 0.5) is 8.78 Å². The summed E-state index contributed by atoms with van der Waals surface area (Å²) in [6, 6.07) is 42.8. The molecule has 0 spiro atoms. The Morgan fingerprint density at radius 1 is 0.474 bits per heavy atom. The zero-order chi connectivity index (χ0) is 39.6. The molecule has 6 aromatic rings. The van der Waals surface area contributed by atoms with Crippen LogP contribution in [0.5, 0.6) is 23.0 Å². The maximum Gasteiger partial charge on any atom is 0.165 e. The van der Waals surface area contributed by atoms with E-state index in [0.717, 1.165) is 36.8 Å². The van der Waals surface area contributed by atoms with Crippen molar-refractivity contribution in [2.75, 3.05) is 0 Å². The minimum absolute atomic E-state index is 0.181. The van der Waals surface area contributed by atoms with Gasteiger partial charge in [-0.25, -0.2) is 8.78 Å². The van der Waals surface area contributed by atoms with Crippen molar-refractivity contribution in [2.24, 2.45) is 0 Å². The van der Waals surface area contributed by atoms with Crippen LogP contribution in [0.1, 0.15) is 85.0 Å². The molecule has 2 atom stereocenters. The third-order valence-corrected chi connectivity index (χ3v) is 12.4. The van der Waals surface area contributed by atoms with Gasteiger partial charge in [0.2, 0.25) is 0 Å². The zero-order valence-electron chi connectivity index (χ0n) is 33.5. The molecule has 6 aromatic carbocycles. The van der Waals surface area contributed by atoms with Gasteiger partial charge in [0, 0.05) is 10.8 Å². The Morgan fingerprint density at radius 3 is 1.30 bits per heavy atom. The van der Waals surface area contributed by atoms with Gasteiger partial charge in [-0.2, -0.15) is 0 Å². The molecule has 0 bridgehead atoms. The summed E-state index contributed by atoms with van der Waals surface area (Å²) in [4.78, 5) is 0. The van der Waals surface area contributed by atoms with Crippen LogP contribution in [0, 0.1) is 11.6 Å². The van der Waals surface area contributed by atoms with E-state index in [2.05, 4.69) is 64.1 Å². The number of ether oxygens (including phenoxy) is 3. The second-order valence-corrected chi connectivity index (χ2v) is 17.0. The number of rotatable bonds is 14. The molecule has 0 aliphatic heterocycles. The van der Waals surface area contributed by atoms with Gasteiger partial charge in [-0.1, -0.05) is 113 Å². The third kappa shape index (κ3) is 8.55. The SMILES string of the molecule is CC(C)(c1ccc2c(c1)CCC2)C(Cc1ccc(F)c(Oc2ccccc2)c1)OC(Cc1ccc(F)c(Oc2ccccc2)c1)C(C)(C)c1ccc2c(c1)CCC2. The molecule has 3 nitrogen and oxygen atoms in total. The molecule has 0 amide bonds. The average molecular weight is 763 g/mol. The highest BCUT2D eigenvalue weighted by Gasteiger charge is 2.40. The molecule has 5 heteroatoms. The topological polar surface area (TPSA) is 27.7 Å². The number of hydrogen-bond donors (Lipinski definition) is 0. The van der Waals surface area contributed by atoms with Crippen LogP contribution in [-0.2, 0) is 54.1 Å². The van der Waals surface area contributed by atoms with Gasteiger partial charge in [0.1, 0.15) is 11.5 Å². The molecule has 0 heterocycles. The highest BCUT2D eigenvalue weighted by atomic mass is 19.1. The van der Waals surface area contributed by atoms with Crippen molar-refractivity contribution < 1.29 is 23.0 Å². The molecule has 2 aliphatic carbocycles. The van der Waals surface area contributed by atoms with E-state index in [4.69, 9.17) is 14.2 Å². The Morgan fingerprint density at radius 2 is 0.877 bits per heavy atom. The van der Waals surface area contributed by atoms with Crippen molar-refractivity contribution >= 4 is 0 Å². The quantitative estimate of drug-likeness (QED) is 0.111. The smallest absolute Gasteiger partial charge is 0.165 e. The van der Waals surface area contributed by atoms with Gasteiger partial charge in [-0.05, 0) is 144 Å². The van der Waals surface area contributed by atoms with Crippen LogP contribution >= 0.6 is 0 Å². The Bertz CT molecular complexity index is 2170. The van der Waals surface area contributed by atoms with E-state index >= 15 is 8.78 Å². The molecule has 0 fully saturated rings. The minimum atomic E-state index is -0.455. The summed E-state index contributed by atoms with van der Waals surface area (Å²) in [5, 5.41) is 0. The van der Waals surface area contributed by atoms with Gasteiger partial charge in [0.05, 0.1) is 12.2 Å². The van der Waals surface area contributed by atoms with Crippen molar-refractivity contribution in [3.8, 4) is 23.0 Å². The van der Waals surface area contributed by atoms with E-state index in [1.54, 1.807) is 0 Å². The second-order valence-electron chi connectivity index (χ2n) is 17.0. The molecule has 0 radical (unpaired) electrons. The van der Waals surface area contributed by atoms with E-state index in [1.807, 2.05) is 84.9 Å². The molecular formula is C52H52F2O3. The summed E-state index contributed by atoms with van der Waals surface area (Å²) in [6.07, 6.45) is 7.06. The van der Waals surface area contributed by atoms with Crippen LogP contribution in [-0.4, -0.2) is 12.2 Å². The predicted octanol–water partition coefficient (Wildman–Crippen LogP) is 13.0. The van der Waals surface area contributed by atoms with Crippen LogP contribution in [0.25, 0.3) is 0 Å². The fraction of sp³-hybridized carbons (Fsp3) is 0.308. The minimum Gasteiger partial charge on any atom is -0.454 e. The van der Waals surface area contributed by atoms with Crippen LogP contribution < -0.4 is 9.47 Å². The predicted molar refractivity (Wildman–Crippen MR) is 225 cm³/mol. The van der Waals surface area contributed by atoms with E-state index in [9.17, 15) is 0 Å². The lowest BCUT2D eigenvalue weighted by molar-refractivity contribution is -0.0753. The van der Waals surface area contributed by atoms with Crippen molar-refractivity contribution in [1.29, 1.82) is 0 Å². The lowest BCUT2D eigenvalue weighted by atomic mass is 9.73. The van der Waals surface area contributed by atoms with Gasteiger partial charge in [0.25, 0.3) is 0 Å². The molecule has 0 saturated carbocycles. The summed E-state index contributed by atoms with van der Waals surface area (Å²) < 4.78 is 50.4. The largest absolute Gasteiger partial charge is 0.454 e. The Labute approximate surface area is 336 Å².